The first-order valence-corrected chi connectivity index (χ1v) is 7.19. The van der Waals surface area contributed by atoms with Crippen molar-refractivity contribution in [3.05, 3.63) is 29.8 Å². The smallest absolute Gasteiger partial charge is 0.416 e. The van der Waals surface area contributed by atoms with Gasteiger partial charge in [-0.05, 0) is 37.5 Å². The van der Waals surface area contributed by atoms with Crippen LogP contribution in [0.5, 0.6) is 5.75 Å². The van der Waals surface area contributed by atoms with Crippen LogP contribution in [0.25, 0.3) is 0 Å². The van der Waals surface area contributed by atoms with Gasteiger partial charge in [0.2, 0.25) is 5.91 Å². The van der Waals surface area contributed by atoms with Crippen molar-refractivity contribution in [2.75, 3.05) is 13.2 Å². The normalized spacial score (nSPS) is 21.6. The first kappa shape index (κ1) is 16.6. The van der Waals surface area contributed by atoms with E-state index in [1.165, 1.54) is 12.1 Å². The summed E-state index contributed by atoms with van der Waals surface area (Å²) >= 11 is 0. The average molecular weight is 316 g/mol. The van der Waals surface area contributed by atoms with E-state index in [9.17, 15) is 18.0 Å². The van der Waals surface area contributed by atoms with Crippen molar-refractivity contribution in [1.29, 1.82) is 0 Å². The maximum absolute atomic E-state index is 12.5. The molecule has 122 valence electrons. The number of alkyl halides is 3. The molecule has 2 atom stereocenters. The number of benzene rings is 1. The summed E-state index contributed by atoms with van der Waals surface area (Å²) in [6.07, 6.45) is -2.09. The molecule has 0 heterocycles. The summed E-state index contributed by atoms with van der Waals surface area (Å²) in [6.45, 7) is 0.368. The molecule has 7 heteroatoms. The quantitative estimate of drug-likeness (QED) is 0.820. The number of rotatable bonds is 5. The fourth-order valence-electron chi connectivity index (χ4n) is 2.50. The molecule has 0 radical (unpaired) electrons. The molecule has 3 N–H and O–H groups in total. The van der Waals surface area contributed by atoms with Gasteiger partial charge in [0.15, 0.2) is 0 Å². The molecule has 1 aliphatic rings. The van der Waals surface area contributed by atoms with Crippen LogP contribution in [0.1, 0.15) is 24.8 Å². The Hall–Kier alpha value is -1.76. The van der Waals surface area contributed by atoms with Crippen LogP contribution in [0.15, 0.2) is 24.3 Å². The van der Waals surface area contributed by atoms with Crippen LogP contribution in [0, 0.1) is 5.92 Å². The van der Waals surface area contributed by atoms with Gasteiger partial charge in [0.25, 0.3) is 0 Å². The van der Waals surface area contributed by atoms with Crippen LogP contribution in [0.4, 0.5) is 13.2 Å². The first-order chi connectivity index (χ1) is 10.4. The monoisotopic (exact) mass is 316 g/mol. The van der Waals surface area contributed by atoms with Gasteiger partial charge in [-0.25, -0.2) is 0 Å². The lowest BCUT2D eigenvalue weighted by molar-refractivity contribution is -0.137. The van der Waals surface area contributed by atoms with E-state index in [0.29, 0.717) is 6.42 Å². The van der Waals surface area contributed by atoms with Crippen molar-refractivity contribution in [2.24, 2.45) is 11.7 Å². The molecule has 0 bridgehead atoms. The number of amides is 1. The largest absolute Gasteiger partial charge is 0.492 e. The zero-order valence-electron chi connectivity index (χ0n) is 12.0. The molecule has 1 aromatic carbocycles. The van der Waals surface area contributed by atoms with E-state index in [-0.39, 0.29) is 36.8 Å². The third-order valence-corrected chi connectivity index (χ3v) is 3.68. The fourth-order valence-corrected chi connectivity index (χ4v) is 2.50. The summed E-state index contributed by atoms with van der Waals surface area (Å²) in [6, 6.07) is 4.75. The van der Waals surface area contributed by atoms with E-state index in [0.717, 1.165) is 25.0 Å². The lowest BCUT2D eigenvalue weighted by Crippen LogP contribution is -2.33. The van der Waals surface area contributed by atoms with E-state index < -0.39 is 11.7 Å². The van der Waals surface area contributed by atoms with E-state index in [1.807, 2.05) is 0 Å². The number of hydrogen-bond acceptors (Lipinski definition) is 3. The van der Waals surface area contributed by atoms with E-state index >= 15 is 0 Å². The minimum atomic E-state index is -4.39. The molecule has 0 aromatic heterocycles. The third kappa shape index (κ3) is 4.62. The molecule has 2 rings (SSSR count). The Labute approximate surface area is 126 Å². The lowest BCUT2D eigenvalue weighted by Gasteiger charge is -2.12. The molecule has 0 saturated heterocycles. The molecule has 1 amide bonds. The molecular weight excluding hydrogens is 297 g/mol. The molecule has 1 saturated carbocycles. The van der Waals surface area contributed by atoms with Crippen molar-refractivity contribution >= 4 is 5.91 Å². The molecule has 1 aromatic rings. The second-order valence-electron chi connectivity index (χ2n) is 5.44. The number of nitrogens with two attached hydrogens (primary N) is 1. The Morgan fingerprint density at radius 1 is 1.36 bits per heavy atom. The van der Waals surface area contributed by atoms with Gasteiger partial charge in [-0.15, -0.1) is 0 Å². The maximum Gasteiger partial charge on any atom is 0.416 e. The zero-order chi connectivity index (χ0) is 16.2. The van der Waals surface area contributed by atoms with E-state index in [4.69, 9.17) is 10.5 Å². The van der Waals surface area contributed by atoms with Gasteiger partial charge < -0.3 is 15.8 Å². The highest BCUT2D eigenvalue weighted by molar-refractivity contribution is 5.78. The molecular formula is C15H19F3N2O2. The molecule has 0 aliphatic heterocycles. The fraction of sp³-hybridized carbons (Fsp3) is 0.533. The summed E-state index contributed by atoms with van der Waals surface area (Å²) in [5.74, 6) is -0.00360. The Morgan fingerprint density at radius 3 is 2.77 bits per heavy atom. The number of hydrogen-bond donors (Lipinski definition) is 2. The lowest BCUT2D eigenvalue weighted by atomic mass is 10.1. The van der Waals surface area contributed by atoms with Crippen LogP contribution in [-0.2, 0) is 11.0 Å². The molecule has 22 heavy (non-hydrogen) atoms. The molecule has 2 unspecified atom stereocenters. The highest BCUT2D eigenvalue weighted by Gasteiger charge is 2.30. The third-order valence-electron chi connectivity index (χ3n) is 3.68. The molecule has 1 fully saturated rings. The van der Waals surface area contributed by atoms with E-state index in [1.54, 1.807) is 0 Å². The maximum atomic E-state index is 12.5. The second-order valence-corrected chi connectivity index (χ2v) is 5.44. The van der Waals surface area contributed by atoms with Crippen molar-refractivity contribution in [3.8, 4) is 5.75 Å². The van der Waals surface area contributed by atoms with Crippen LogP contribution < -0.4 is 15.8 Å². The van der Waals surface area contributed by atoms with E-state index in [2.05, 4.69) is 5.32 Å². The Balaban J connectivity index is 1.74. The summed E-state index contributed by atoms with van der Waals surface area (Å²) < 4.78 is 42.9. The van der Waals surface area contributed by atoms with Gasteiger partial charge in [-0.2, -0.15) is 13.2 Å². The van der Waals surface area contributed by atoms with Crippen LogP contribution in [0.2, 0.25) is 0 Å². The van der Waals surface area contributed by atoms with Crippen molar-refractivity contribution in [3.63, 3.8) is 0 Å². The summed E-state index contributed by atoms with van der Waals surface area (Å²) in [5, 5.41) is 2.72. The predicted molar refractivity (Wildman–Crippen MR) is 75.3 cm³/mol. The Bertz CT molecular complexity index is 520. The average Bonchev–Trinajstić information content (AvgIpc) is 2.89. The zero-order valence-corrected chi connectivity index (χ0v) is 12.0. The highest BCUT2D eigenvalue weighted by Crippen LogP contribution is 2.31. The molecule has 4 nitrogen and oxygen atoms in total. The number of carbonyl (C=O) groups is 1. The first-order valence-electron chi connectivity index (χ1n) is 7.19. The SMILES string of the molecule is NC1CCC(C(=O)NCCOc2cccc(C(F)(F)F)c2)C1. The van der Waals surface area contributed by atoms with Crippen molar-refractivity contribution in [1.82, 2.24) is 5.32 Å². The summed E-state index contributed by atoms with van der Waals surface area (Å²) in [7, 11) is 0. The standard InChI is InChI=1S/C15H19F3N2O2/c16-15(17,18)11-2-1-3-13(9-11)22-7-6-20-14(21)10-4-5-12(19)8-10/h1-3,9-10,12H,4-8,19H2,(H,20,21). The van der Waals surface area contributed by atoms with Crippen molar-refractivity contribution < 1.29 is 22.7 Å². The topological polar surface area (TPSA) is 64.4 Å². The highest BCUT2D eigenvalue weighted by atomic mass is 19.4. The van der Waals surface area contributed by atoms with Crippen LogP contribution in [0.3, 0.4) is 0 Å². The minimum Gasteiger partial charge on any atom is -0.492 e. The minimum absolute atomic E-state index is 0.0662. The molecule has 1 aliphatic carbocycles. The van der Waals surface area contributed by atoms with Gasteiger partial charge in [0.1, 0.15) is 12.4 Å². The summed E-state index contributed by atoms with van der Waals surface area (Å²) in [4.78, 5) is 11.8. The number of carbonyl (C=O) groups excluding carboxylic acids is 1. The number of ether oxygens (including phenoxy) is 1. The number of halogens is 3. The van der Waals surface area contributed by atoms with Crippen LogP contribution >= 0.6 is 0 Å². The van der Waals surface area contributed by atoms with Crippen molar-refractivity contribution in [2.45, 2.75) is 31.5 Å². The Morgan fingerprint density at radius 2 is 2.14 bits per heavy atom. The van der Waals surface area contributed by atoms with Gasteiger partial charge in [0, 0.05) is 12.0 Å². The van der Waals surface area contributed by atoms with Crippen LogP contribution in [-0.4, -0.2) is 25.1 Å². The second kappa shape index (κ2) is 7.00. The molecule has 0 spiro atoms. The Kier molecular flexibility index (Phi) is 5.28. The van der Waals surface area contributed by atoms with Gasteiger partial charge in [0.05, 0.1) is 12.1 Å². The van der Waals surface area contributed by atoms with Gasteiger partial charge in [-0.1, -0.05) is 6.07 Å². The predicted octanol–water partition coefficient (Wildman–Crippen LogP) is 2.33. The van der Waals surface area contributed by atoms with Gasteiger partial charge >= 0.3 is 6.18 Å². The number of nitrogens with one attached hydrogen (secondary N) is 1. The van der Waals surface area contributed by atoms with Gasteiger partial charge in [-0.3, -0.25) is 4.79 Å². The summed E-state index contributed by atoms with van der Waals surface area (Å²) in [5.41, 5.74) is 4.99.